The zero-order valence-corrected chi connectivity index (χ0v) is 16.0. The van der Waals surface area contributed by atoms with Crippen LogP contribution in [-0.4, -0.2) is 11.3 Å². The van der Waals surface area contributed by atoms with Crippen molar-refractivity contribution in [3.63, 3.8) is 0 Å². The van der Waals surface area contributed by atoms with E-state index in [1.54, 1.807) is 0 Å². The van der Waals surface area contributed by atoms with Gasteiger partial charge in [0.25, 0.3) is 0 Å². The Morgan fingerprint density at radius 1 is 0.708 bits per heavy atom. The third-order valence-corrected chi connectivity index (χ3v) is 4.54. The first kappa shape index (κ1) is 23.0. The number of unbranched alkanes of at least 4 members (excludes halogenated alkanes) is 15. The molecule has 1 N–H and O–H groups in total. The van der Waals surface area contributed by atoms with Gasteiger partial charge in [0, 0.05) is 6.42 Å². The predicted octanol–water partition coefficient (Wildman–Crippen LogP) is 7.85. The number of ether oxygens (including phenoxy) is 1. The summed E-state index contributed by atoms with van der Waals surface area (Å²) >= 11 is 0. The Morgan fingerprint density at radius 2 is 1.04 bits per heavy atom. The van der Waals surface area contributed by atoms with E-state index in [1.165, 1.54) is 89.9 Å². The number of hydrogen-bond donors (Lipinski definition) is 1. The summed E-state index contributed by atoms with van der Waals surface area (Å²) < 4.78 is 4.50. The molecule has 3 heteroatoms. The molecule has 0 aliphatic rings. The average Bonchev–Trinajstić information content (AvgIpc) is 2.53. The molecule has 0 aromatic heterocycles. The van der Waals surface area contributed by atoms with E-state index in [0.717, 1.165) is 12.8 Å². The van der Waals surface area contributed by atoms with Crippen molar-refractivity contribution in [3.05, 3.63) is 12.3 Å². The standard InChI is InChI=1S/C21H40O3/c1-3-4-5-6-7-8-9-10-11-12-13-14-15-16-17-18-19-20(2)24-21(22)23/h2-19H2,1H3,(H,22,23). The van der Waals surface area contributed by atoms with E-state index >= 15 is 0 Å². The Morgan fingerprint density at radius 3 is 1.38 bits per heavy atom. The lowest BCUT2D eigenvalue weighted by Crippen LogP contribution is -1.99. The monoisotopic (exact) mass is 340 g/mol. The summed E-state index contributed by atoms with van der Waals surface area (Å²) in [6, 6.07) is 0. The molecule has 0 saturated heterocycles. The minimum Gasteiger partial charge on any atom is -0.449 e. The van der Waals surface area contributed by atoms with Crippen LogP contribution in [0.3, 0.4) is 0 Å². The highest BCUT2D eigenvalue weighted by Crippen LogP contribution is 2.15. The maximum Gasteiger partial charge on any atom is 0.510 e. The van der Waals surface area contributed by atoms with Crippen molar-refractivity contribution in [2.75, 3.05) is 0 Å². The molecule has 0 bridgehead atoms. The molecule has 0 saturated carbocycles. The van der Waals surface area contributed by atoms with Crippen LogP contribution in [0.2, 0.25) is 0 Å². The van der Waals surface area contributed by atoms with Gasteiger partial charge in [-0.2, -0.15) is 0 Å². The summed E-state index contributed by atoms with van der Waals surface area (Å²) in [7, 11) is 0. The topological polar surface area (TPSA) is 46.5 Å². The fourth-order valence-electron chi connectivity index (χ4n) is 3.04. The van der Waals surface area contributed by atoms with E-state index in [-0.39, 0.29) is 0 Å². The van der Waals surface area contributed by atoms with Gasteiger partial charge in [0.1, 0.15) is 5.76 Å². The van der Waals surface area contributed by atoms with Crippen LogP contribution in [-0.2, 0) is 4.74 Å². The summed E-state index contributed by atoms with van der Waals surface area (Å²) in [5.74, 6) is 0.368. The molecule has 0 rings (SSSR count). The molecule has 0 atom stereocenters. The van der Waals surface area contributed by atoms with Crippen LogP contribution in [0.1, 0.15) is 116 Å². The first-order valence-electron chi connectivity index (χ1n) is 10.3. The highest BCUT2D eigenvalue weighted by Gasteiger charge is 2.01. The Hall–Kier alpha value is -0.990. The number of allylic oxidation sites excluding steroid dienone is 1. The summed E-state index contributed by atoms with van der Waals surface area (Å²) in [6.07, 6.45) is 20.9. The van der Waals surface area contributed by atoms with E-state index in [9.17, 15) is 4.79 Å². The van der Waals surface area contributed by atoms with Gasteiger partial charge >= 0.3 is 6.16 Å². The molecule has 0 unspecified atom stereocenters. The fourth-order valence-corrected chi connectivity index (χ4v) is 3.04. The largest absolute Gasteiger partial charge is 0.510 e. The van der Waals surface area contributed by atoms with Gasteiger partial charge in [-0.25, -0.2) is 4.79 Å². The first-order chi connectivity index (χ1) is 11.7. The highest BCUT2D eigenvalue weighted by atomic mass is 16.7. The zero-order chi connectivity index (χ0) is 17.9. The van der Waals surface area contributed by atoms with Crippen LogP contribution in [0.15, 0.2) is 12.3 Å². The van der Waals surface area contributed by atoms with Gasteiger partial charge in [0.05, 0.1) is 0 Å². The molecule has 0 aliphatic carbocycles. The zero-order valence-electron chi connectivity index (χ0n) is 16.0. The normalized spacial score (nSPS) is 10.7. The summed E-state index contributed by atoms with van der Waals surface area (Å²) in [6.45, 7) is 5.87. The Kier molecular flexibility index (Phi) is 17.6. The lowest BCUT2D eigenvalue weighted by Gasteiger charge is -2.04. The number of hydrogen-bond acceptors (Lipinski definition) is 2. The first-order valence-corrected chi connectivity index (χ1v) is 10.3. The number of rotatable bonds is 18. The second-order valence-electron chi connectivity index (χ2n) is 6.96. The third-order valence-electron chi connectivity index (χ3n) is 4.54. The molecule has 0 fully saturated rings. The Balaban J connectivity index is 3.07. The maximum absolute atomic E-state index is 10.3. The SMILES string of the molecule is C=C(CCCCCCCCCCCCCCCCCC)OC(=O)O. The molecule has 24 heavy (non-hydrogen) atoms. The average molecular weight is 341 g/mol. The summed E-state index contributed by atoms with van der Waals surface area (Å²) in [5.41, 5.74) is 0. The Bertz CT molecular complexity index is 299. The maximum atomic E-state index is 10.3. The molecule has 0 aromatic carbocycles. The third kappa shape index (κ3) is 19.1. The lowest BCUT2D eigenvalue weighted by atomic mass is 10.0. The van der Waals surface area contributed by atoms with E-state index in [4.69, 9.17) is 5.11 Å². The van der Waals surface area contributed by atoms with Crippen LogP contribution in [0.25, 0.3) is 0 Å². The number of carboxylic acid groups (broad SMARTS) is 1. The van der Waals surface area contributed by atoms with Gasteiger partial charge in [-0.1, -0.05) is 110 Å². The van der Waals surface area contributed by atoms with E-state index in [1.807, 2.05) is 0 Å². The number of carbonyl (C=O) groups is 1. The van der Waals surface area contributed by atoms with Crippen molar-refractivity contribution in [1.82, 2.24) is 0 Å². The highest BCUT2D eigenvalue weighted by molar-refractivity contribution is 5.58. The van der Waals surface area contributed by atoms with E-state index in [2.05, 4.69) is 18.2 Å². The van der Waals surface area contributed by atoms with Crippen LogP contribution < -0.4 is 0 Å². The smallest absolute Gasteiger partial charge is 0.449 e. The molecule has 0 aromatic rings. The van der Waals surface area contributed by atoms with Gasteiger partial charge in [-0.05, 0) is 6.42 Å². The molecule has 0 heterocycles. The molecular weight excluding hydrogens is 300 g/mol. The van der Waals surface area contributed by atoms with Crippen LogP contribution in [0, 0.1) is 0 Å². The predicted molar refractivity (Wildman–Crippen MR) is 102 cm³/mol. The lowest BCUT2D eigenvalue weighted by molar-refractivity contribution is 0.116. The van der Waals surface area contributed by atoms with Crippen molar-refractivity contribution in [1.29, 1.82) is 0 Å². The van der Waals surface area contributed by atoms with Crippen molar-refractivity contribution in [2.45, 2.75) is 116 Å². The molecule has 3 nitrogen and oxygen atoms in total. The van der Waals surface area contributed by atoms with Crippen LogP contribution in [0.5, 0.6) is 0 Å². The van der Waals surface area contributed by atoms with Gasteiger partial charge in [-0.3, -0.25) is 0 Å². The van der Waals surface area contributed by atoms with E-state index in [0.29, 0.717) is 12.2 Å². The quantitative estimate of drug-likeness (QED) is 0.157. The van der Waals surface area contributed by atoms with Crippen LogP contribution >= 0.6 is 0 Å². The molecule has 0 amide bonds. The molecule has 0 spiro atoms. The van der Waals surface area contributed by atoms with Crippen LogP contribution in [0.4, 0.5) is 4.79 Å². The van der Waals surface area contributed by atoms with Crippen molar-refractivity contribution in [3.8, 4) is 0 Å². The minimum atomic E-state index is -1.25. The summed E-state index contributed by atoms with van der Waals surface area (Å²) in [4.78, 5) is 10.3. The second kappa shape index (κ2) is 18.4. The molecular formula is C21H40O3. The molecule has 142 valence electrons. The Labute approximate surface area is 149 Å². The van der Waals surface area contributed by atoms with E-state index < -0.39 is 6.16 Å². The van der Waals surface area contributed by atoms with Gasteiger partial charge in [0.2, 0.25) is 0 Å². The van der Waals surface area contributed by atoms with Crippen molar-refractivity contribution in [2.24, 2.45) is 0 Å². The summed E-state index contributed by atoms with van der Waals surface area (Å²) in [5, 5.41) is 8.44. The van der Waals surface area contributed by atoms with Gasteiger partial charge in [-0.15, -0.1) is 0 Å². The van der Waals surface area contributed by atoms with Gasteiger partial charge < -0.3 is 9.84 Å². The van der Waals surface area contributed by atoms with Crippen molar-refractivity contribution < 1.29 is 14.6 Å². The second-order valence-corrected chi connectivity index (χ2v) is 6.96. The molecule has 0 radical (unpaired) electrons. The van der Waals surface area contributed by atoms with Crippen molar-refractivity contribution >= 4 is 6.16 Å². The minimum absolute atomic E-state index is 0.368. The fraction of sp³-hybridized carbons (Fsp3) is 0.857. The molecule has 0 aliphatic heterocycles. The van der Waals surface area contributed by atoms with Gasteiger partial charge in [0.15, 0.2) is 0 Å².